The van der Waals surface area contributed by atoms with Crippen molar-refractivity contribution in [1.82, 2.24) is 16.0 Å². The highest BCUT2D eigenvalue weighted by molar-refractivity contribution is 5.91. The minimum atomic E-state index is -1.03. The fourth-order valence-corrected chi connectivity index (χ4v) is 3.21. The molecule has 0 spiro atoms. The highest BCUT2D eigenvalue weighted by atomic mass is 16.6. The van der Waals surface area contributed by atoms with Crippen LogP contribution in [0.25, 0.3) is 0 Å². The van der Waals surface area contributed by atoms with Gasteiger partial charge in [-0.2, -0.15) is 0 Å². The molecule has 1 aromatic rings. The van der Waals surface area contributed by atoms with Crippen LogP contribution in [0.1, 0.15) is 62.5 Å². The molecule has 1 aromatic carbocycles. The van der Waals surface area contributed by atoms with Crippen LogP contribution >= 0.6 is 0 Å². The van der Waals surface area contributed by atoms with Gasteiger partial charge in [-0.25, -0.2) is 9.59 Å². The van der Waals surface area contributed by atoms with Gasteiger partial charge in [0.25, 0.3) is 0 Å². The van der Waals surface area contributed by atoms with Gasteiger partial charge in [0.2, 0.25) is 5.91 Å². The van der Waals surface area contributed by atoms with E-state index < -0.39 is 23.2 Å². The van der Waals surface area contributed by atoms with Crippen LogP contribution < -0.4 is 16.0 Å². The molecule has 1 atom stereocenters. The summed E-state index contributed by atoms with van der Waals surface area (Å²) in [4.78, 5) is 37.1. The van der Waals surface area contributed by atoms with Crippen LogP contribution in [0, 0.1) is 0 Å². The van der Waals surface area contributed by atoms with Gasteiger partial charge in [-0.3, -0.25) is 4.79 Å². The topological polar surface area (TPSA) is 106 Å². The Balaban J connectivity index is 2.10. The first kappa shape index (κ1) is 22.7. The zero-order valence-electron chi connectivity index (χ0n) is 17.8. The quantitative estimate of drug-likeness (QED) is 0.649. The molecule has 160 valence electrons. The molecule has 8 nitrogen and oxygen atoms in total. The lowest BCUT2D eigenvalue weighted by Gasteiger charge is -2.38. The number of carbonyl (C=O) groups is 3. The Kier molecular flexibility index (Phi) is 7.24. The summed E-state index contributed by atoms with van der Waals surface area (Å²) in [5.74, 6) is -0.669. The smallest absolute Gasteiger partial charge is 0.408 e. The monoisotopic (exact) mass is 405 g/mol. The molecule has 1 aliphatic rings. The highest BCUT2D eigenvalue weighted by Crippen LogP contribution is 2.22. The van der Waals surface area contributed by atoms with Crippen LogP contribution in [-0.4, -0.2) is 49.3 Å². The van der Waals surface area contributed by atoms with Gasteiger partial charge < -0.3 is 25.4 Å². The summed E-state index contributed by atoms with van der Waals surface area (Å²) in [5, 5.41) is 8.99. The highest BCUT2D eigenvalue weighted by Gasteiger charge is 2.42. The molecule has 2 amide bonds. The normalized spacial score (nSPS) is 17.0. The number of benzene rings is 1. The number of carbonyl (C=O) groups excluding carboxylic acids is 3. The number of nitrogens with one attached hydrogen (secondary N) is 3. The number of hydrogen-bond acceptors (Lipinski definition) is 6. The molecule has 2 rings (SSSR count). The fourth-order valence-electron chi connectivity index (χ4n) is 3.21. The van der Waals surface area contributed by atoms with Crippen molar-refractivity contribution >= 4 is 18.0 Å². The summed E-state index contributed by atoms with van der Waals surface area (Å²) in [6, 6.07) is 6.55. The summed E-state index contributed by atoms with van der Waals surface area (Å²) in [6.45, 7) is 8.43. The Morgan fingerprint density at radius 2 is 1.69 bits per heavy atom. The van der Waals surface area contributed by atoms with Gasteiger partial charge >= 0.3 is 12.1 Å². The van der Waals surface area contributed by atoms with E-state index in [2.05, 4.69) is 16.0 Å². The lowest BCUT2D eigenvalue weighted by Crippen LogP contribution is -2.63. The van der Waals surface area contributed by atoms with Gasteiger partial charge in [-0.05, 0) is 71.3 Å². The predicted octanol–water partition coefficient (Wildman–Crippen LogP) is 2.30. The van der Waals surface area contributed by atoms with E-state index in [-0.39, 0.29) is 11.9 Å². The van der Waals surface area contributed by atoms with Crippen LogP contribution in [0.3, 0.4) is 0 Å². The fraction of sp³-hybridized carbons (Fsp3) is 0.571. The Morgan fingerprint density at radius 1 is 1.10 bits per heavy atom. The van der Waals surface area contributed by atoms with E-state index in [1.54, 1.807) is 45.0 Å². The maximum absolute atomic E-state index is 13.1. The first-order valence-electron chi connectivity index (χ1n) is 9.77. The molecule has 0 unspecified atom stereocenters. The molecule has 0 bridgehead atoms. The average Bonchev–Trinajstić information content (AvgIpc) is 2.66. The number of esters is 1. The number of ether oxygens (including phenoxy) is 2. The minimum Gasteiger partial charge on any atom is -0.465 e. The number of rotatable bonds is 5. The largest absolute Gasteiger partial charge is 0.465 e. The van der Waals surface area contributed by atoms with Gasteiger partial charge in [0, 0.05) is 0 Å². The van der Waals surface area contributed by atoms with Gasteiger partial charge in [0.1, 0.15) is 11.1 Å². The lowest BCUT2D eigenvalue weighted by molar-refractivity contribution is -0.129. The van der Waals surface area contributed by atoms with Crippen molar-refractivity contribution in [3.63, 3.8) is 0 Å². The number of amides is 2. The molecule has 1 heterocycles. The van der Waals surface area contributed by atoms with Crippen LogP contribution in [0.5, 0.6) is 0 Å². The maximum atomic E-state index is 13.1. The summed E-state index contributed by atoms with van der Waals surface area (Å²) < 4.78 is 10.1. The molecule has 3 N–H and O–H groups in total. The second-order valence-electron chi connectivity index (χ2n) is 8.27. The Labute approximate surface area is 171 Å². The number of alkyl carbamates (subject to hydrolysis) is 1. The van der Waals surface area contributed by atoms with E-state index in [0.717, 1.165) is 5.56 Å². The van der Waals surface area contributed by atoms with E-state index in [0.29, 0.717) is 31.5 Å². The zero-order valence-corrected chi connectivity index (χ0v) is 17.8. The Bertz CT molecular complexity index is 734. The van der Waals surface area contributed by atoms with E-state index in [4.69, 9.17) is 9.47 Å². The van der Waals surface area contributed by atoms with Gasteiger partial charge in [-0.1, -0.05) is 12.1 Å². The molecule has 0 aliphatic carbocycles. The second kappa shape index (κ2) is 9.26. The third-order valence-electron chi connectivity index (χ3n) is 4.81. The van der Waals surface area contributed by atoms with Gasteiger partial charge in [-0.15, -0.1) is 0 Å². The third kappa shape index (κ3) is 6.19. The molecule has 1 aliphatic heterocycles. The van der Waals surface area contributed by atoms with E-state index in [1.165, 1.54) is 7.11 Å². The van der Waals surface area contributed by atoms with Crippen LogP contribution in [-0.2, 0) is 14.3 Å². The van der Waals surface area contributed by atoms with Crippen LogP contribution in [0.15, 0.2) is 24.3 Å². The van der Waals surface area contributed by atoms with Crippen molar-refractivity contribution in [3.8, 4) is 0 Å². The standard InChI is InChI=1S/C21H31N3O5/c1-14(15-6-8-16(9-7-15)17(25)28-5)23-18(26)21(10-12-22-13-11-21)24-19(27)29-20(2,3)4/h6-9,14,22H,10-13H2,1-5H3,(H,23,26)(H,24,27)/t14-/m0/s1. The molecule has 29 heavy (non-hydrogen) atoms. The maximum Gasteiger partial charge on any atom is 0.408 e. The first-order chi connectivity index (χ1) is 13.6. The minimum absolute atomic E-state index is 0.255. The third-order valence-corrected chi connectivity index (χ3v) is 4.81. The number of hydrogen-bond donors (Lipinski definition) is 3. The molecular weight excluding hydrogens is 374 g/mol. The number of piperidine rings is 1. The van der Waals surface area contributed by atoms with Crippen LogP contribution in [0.2, 0.25) is 0 Å². The second-order valence-corrected chi connectivity index (χ2v) is 8.27. The molecule has 0 aromatic heterocycles. The SMILES string of the molecule is COC(=O)c1ccc([C@H](C)NC(=O)C2(NC(=O)OC(C)(C)C)CCNCC2)cc1. The van der Waals surface area contributed by atoms with Crippen molar-refractivity contribution < 1.29 is 23.9 Å². The van der Waals surface area contributed by atoms with Crippen molar-refractivity contribution in [1.29, 1.82) is 0 Å². The number of methoxy groups -OCH3 is 1. The molecule has 8 heteroatoms. The van der Waals surface area contributed by atoms with Crippen LogP contribution in [0.4, 0.5) is 4.79 Å². The average molecular weight is 405 g/mol. The van der Waals surface area contributed by atoms with E-state index >= 15 is 0 Å². The summed E-state index contributed by atoms with van der Waals surface area (Å²) >= 11 is 0. The Hall–Kier alpha value is -2.61. The summed E-state index contributed by atoms with van der Waals surface area (Å²) in [5.41, 5.74) is -0.402. The lowest BCUT2D eigenvalue weighted by atomic mass is 9.87. The van der Waals surface area contributed by atoms with Gasteiger partial charge in [0.15, 0.2) is 0 Å². The molecule has 1 fully saturated rings. The zero-order chi connectivity index (χ0) is 21.7. The van der Waals surface area contributed by atoms with Crippen molar-refractivity contribution in [2.75, 3.05) is 20.2 Å². The van der Waals surface area contributed by atoms with Crippen molar-refractivity contribution in [3.05, 3.63) is 35.4 Å². The Morgan fingerprint density at radius 3 is 2.21 bits per heavy atom. The summed E-state index contributed by atoms with van der Waals surface area (Å²) in [6.07, 6.45) is 0.322. The molecule has 0 saturated carbocycles. The van der Waals surface area contributed by atoms with Crippen molar-refractivity contribution in [2.24, 2.45) is 0 Å². The van der Waals surface area contributed by atoms with E-state index in [1.807, 2.05) is 6.92 Å². The van der Waals surface area contributed by atoms with Gasteiger partial charge in [0.05, 0.1) is 18.7 Å². The predicted molar refractivity (Wildman–Crippen MR) is 109 cm³/mol. The molecular formula is C21H31N3O5. The molecule has 0 radical (unpaired) electrons. The molecule has 1 saturated heterocycles. The first-order valence-corrected chi connectivity index (χ1v) is 9.77. The summed E-state index contributed by atoms with van der Waals surface area (Å²) in [7, 11) is 1.33. The van der Waals surface area contributed by atoms with Crippen molar-refractivity contribution in [2.45, 2.75) is 57.7 Å². The van der Waals surface area contributed by atoms with E-state index in [9.17, 15) is 14.4 Å².